The monoisotopic (exact) mass is 596 g/mol. The van der Waals surface area contributed by atoms with E-state index in [-0.39, 0.29) is 24.1 Å². The third kappa shape index (κ3) is 7.33. The quantitative estimate of drug-likeness (QED) is 0.253. The third-order valence-corrected chi connectivity index (χ3v) is 8.34. The Morgan fingerprint density at radius 3 is 2.51 bits per heavy atom. The van der Waals surface area contributed by atoms with Crippen molar-refractivity contribution < 1.29 is 14.4 Å². The Hall–Kier alpha value is -4.41. The molecule has 9 nitrogen and oxygen atoms in total. The summed E-state index contributed by atoms with van der Waals surface area (Å²) >= 11 is 1.56. The summed E-state index contributed by atoms with van der Waals surface area (Å²) < 4.78 is 0. The first-order chi connectivity index (χ1) is 20.6. The van der Waals surface area contributed by atoms with Crippen LogP contribution in [0.3, 0.4) is 0 Å². The molecule has 0 aliphatic carbocycles. The molecule has 0 saturated heterocycles. The van der Waals surface area contributed by atoms with Crippen LogP contribution in [0.5, 0.6) is 0 Å². The van der Waals surface area contributed by atoms with E-state index < -0.39 is 11.6 Å². The van der Waals surface area contributed by atoms with Gasteiger partial charge in [-0.05, 0) is 48.2 Å². The van der Waals surface area contributed by atoms with Crippen molar-refractivity contribution in [2.45, 2.75) is 56.8 Å². The molecule has 0 unspecified atom stereocenters. The second-order valence-corrected chi connectivity index (χ2v) is 12.4. The fourth-order valence-electron chi connectivity index (χ4n) is 5.12. The minimum atomic E-state index is -0.669. The minimum Gasteiger partial charge on any atom is -0.343 e. The van der Waals surface area contributed by atoms with E-state index in [4.69, 9.17) is 5.73 Å². The van der Waals surface area contributed by atoms with Crippen LogP contribution in [0.1, 0.15) is 38.3 Å². The van der Waals surface area contributed by atoms with Crippen molar-refractivity contribution in [2.24, 2.45) is 5.73 Å². The number of aromatic nitrogens is 2. The Bertz CT molecular complexity index is 1600. The van der Waals surface area contributed by atoms with Crippen LogP contribution >= 0.6 is 11.8 Å². The number of thioether (sulfide) groups is 1. The second-order valence-electron chi connectivity index (χ2n) is 11.4. The number of hydrogen-bond donors (Lipinski definition) is 3. The zero-order valence-corrected chi connectivity index (χ0v) is 25.4. The highest BCUT2D eigenvalue weighted by atomic mass is 32.2. The molecule has 3 amide bonds. The number of carbonyl (C=O) groups is 3. The SMILES string of the molecule is CC(=O)N(Cc1ccccc1-c1ccc(CN2C(=O)[C@H](NC(=O)CC(C)(C)N)CSc3ccccc32)cc1)c1cnc[nH]1. The molecule has 3 aromatic carbocycles. The number of fused-ring (bicyclic) bond motifs is 1. The van der Waals surface area contributed by atoms with Crippen LogP contribution < -0.4 is 20.9 Å². The van der Waals surface area contributed by atoms with E-state index in [0.717, 1.165) is 32.8 Å². The molecule has 4 aromatic rings. The molecule has 2 heterocycles. The number of amides is 3. The molecule has 1 aliphatic rings. The summed E-state index contributed by atoms with van der Waals surface area (Å²) in [5.41, 5.74) is 10.2. The summed E-state index contributed by atoms with van der Waals surface area (Å²) in [6, 6.07) is 23.2. The number of nitrogens with two attached hydrogens (primary N) is 1. The predicted molar refractivity (Wildman–Crippen MR) is 170 cm³/mol. The Labute approximate surface area is 255 Å². The second kappa shape index (κ2) is 12.8. The van der Waals surface area contributed by atoms with Gasteiger partial charge in [0.25, 0.3) is 5.91 Å². The number of carbonyl (C=O) groups excluding carboxylic acids is 3. The lowest BCUT2D eigenvalue weighted by atomic mass is 9.98. The van der Waals surface area contributed by atoms with Crippen LogP contribution in [0.15, 0.2) is 90.2 Å². The maximum absolute atomic E-state index is 13.8. The molecule has 5 rings (SSSR count). The summed E-state index contributed by atoms with van der Waals surface area (Å²) in [7, 11) is 0. The number of nitrogens with one attached hydrogen (secondary N) is 2. The van der Waals surface area contributed by atoms with Gasteiger partial charge in [0.2, 0.25) is 11.8 Å². The van der Waals surface area contributed by atoms with E-state index in [1.54, 1.807) is 47.9 Å². The normalized spacial score (nSPS) is 15.0. The van der Waals surface area contributed by atoms with Gasteiger partial charge in [-0.3, -0.25) is 19.3 Å². The van der Waals surface area contributed by atoms with Crippen LogP contribution in [0.25, 0.3) is 11.1 Å². The molecule has 1 aromatic heterocycles. The van der Waals surface area contributed by atoms with E-state index >= 15 is 0 Å². The number of H-pyrrole nitrogens is 1. The summed E-state index contributed by atoms with van der Waals surface area (Å²) in [5.74, 6) is 0.597. The van der Waals surface area contributed by atoms with Crippen molar-refractivity contribution in [3.8, 4) is 11.1 Å². The van der Waals surface area contributed by atoms with Gasteiger partial charge in [-0.25, -0.2) is 4.98 Å². The lowest BCUT2D eigenvalue weighted by molar-refractivity contribution is -0.127. The van der Waals surface area contributed by atoms with E-state index in [2.05, 4.69) is 15.3 Å². The van der Waals surface area contributed by atoms with Crippen LogP contribution in [0.4, 0.5) is 11.5 Å². The number of rotatable bonds is 9. The summed E-state index contributed by atoms with van der Waals surface area (Å²) in [6.07, 6.45) is 3.32. The molecule has 1 aliphatic heterocycles. The number of anilines is 2. The van der Waals surface area contributed by atoms with Crippen molar-refractivity contribution in [2.75, 3.05) is 15.6 Å². The minimum absolute atomic E-state index is 0.0869. The van der Waals surface area contributed by atoms with Crippen LogP contribution in [-0.2, 0) is 27.5 Å². The van der Waals surface area contributed by atoms with Gasteiger partial charge in [0.1, 0.15) is 11.9 Å². The highest BCUT2D eigenvalue weighted by Gasteiger charge is 2.32. The van der Waals surface area contributed by atoms with Gasteiger partial charge in [-0.1, -0.05) is 60.7 Å². The Morgan fingerprint density at radius 1 is 1.09 bits per heavy atom. The highest BCUT2D eigenvalue weighted by molar-refractivity contribution is 7.99. The first-order valence-electron chi connectivity index (χ1n) is 14.1. The fourth-order valence-corrected chi connectivity index (χ4v) is 6.20. The van der Waals surface area contributed by atoms with Gasteiger partial charge in [-0.2, -0.15) is 0 Å². The molecular formula is C33H36N6O3S. The number of benzene rings is 3. The first-order valence-corrected chi connectivity index (χ1v) is 15.1. The summed E-state index contributed by atoms with van der Waals surface area (Å²) in [6.45, 7) is 5.86. The molecule has 0 radical (unpaired) electrons. The van der Waals surface area contributed by atoms with Crippen LogP contribution in [0.2, 0.25) is 0 Å². The molecule has 4 N–H and O–H groups in total. The topological polar surface area (TPSA) is 124 Å². The standard InChI is InChI=1S/C33H36N6O3S/c1-22(40)38(30-17-35-21-36-30)19-25-8-4-5-9-26(25)24-14-12-23(13-15-24)18-39-28-10-6-7-11-29(28)43-20-27(32(39)42)37-31(41)16-33(2,3)34/h4-15,17,21,27H,16,18-20,34H2,1-3H3,(H,35,36)(H,37,41)/t27-/m1/s1. The van der Waals surface area contributed by atoms with E-state index in [1.165, 1.54) is 6.92 Å². The molecule has 0 fully saturated rings. The van der Waals surface area contributed by atoms with Crippen molar-refractivity contribution in [3.05, 3.63) is 96.4 Å². The maximum Gasteiger partial charge on any atom is 0.250 e. The summed E-state index contributed by atoms with van der Waals surface area (Å²) in [5, 5.41) is 2.92. The van der Waals surface area contributed by atoms with Crippen molar-refractivity contribution in [1.82, 2.24) is 15.3 Å². The number of nitrogens with zero attached hydrogens (tertiary/aromatic N) is 3. The smallest absolute Gasteiger partial charge is 0.250 e. The number of hydrogen-bond acceptors (Lipinski definition) is 6. The van der Waals surface area contributed by atoms with E-state index in [1.807, 2.05) is 72.8 Å². The summed E-state index contributed by atoms with van der Waals surface area (Å²) in [4.78, 5) is 50.4. The highest BCUT2D eigenvalue weighted by Crippen LogP contribution is 2.35. The molecule has 0 bridgehead atoms. The van der Waals surface area contributed by atoms with Gasteiger partial charge in [0.15, 0.2) is 0 Å². The number of aromatic amines is 1. The van der Waals surface area contributed by atoms with Crippen molar-refractivity contribution in [1.29, 1.82) is 0 Å². The fraction of sp³-hybridized carbons (Fsp3) is 0.273. The predicted octanol–water partition coefficient (Wildman–Crippen LogP) is 4.88. The molecule has 1 atom stereocenters. The maximum atomic E-state index is 13.8. The molecule has 10 heteroatoms. The third-order valence-electron chi connectivity index (χ3n) is 7.18. The van der Waals surface area contributed by atoms with Crippen molar-refractivity contribution in [3.63, 3.8) is 0 Å². The van der Waals surface area contributed by atoms with E-state index in [0.29, 0.717) is 24.7 Å². The first kappa shape index (κ1) is 30.1. The zero-order valence-electron chi connectivity index (χ0n) is 24.5. The van der Waals surface area contributed by atoms with Gasteiger partial charge < -0.3 is 20.9 Å². The molecule has 0 saturated carbocycles. The lowest BCUT2D eigenvalue weighted by Crippen LogP contribution is -2.51. The average molecular weight is 597 g/mol. The Kier molecular flexibility index (Phi) is 8.98. The number of para-hydroxylation sites is 1. The van der Waals surface area contributed by atoms with Crippen LogP contribution in [0, 0.1) is 0 Å². The Morgan fingerprint density at radius 2 is 1.81 bits per heavy atom. The zero-order chi connectivity index (χ0) is 30.6. The number of imidazole rings is 1. The van der Waals surface area contributed by atoms with Gasteiger partial charge >= 0.3 is 0 Å². The molecule has 43 heavy (non-hydrogen) atoms. The van der Waals surface area contributed by atoms with Gasteiger partial charge in [0, 0.05) is 29.5 Å². The van der Waals surface area contributed by atoms with Crippen LogP contribution in [-0.4, -0.2) is 45.0 Å². The van der Waals surface area contributed by atoms with Gasteiger partial charge in [0.05, 0.1) is 31.3 Å². The largest absolute Gasteiger partial charge is 0.343 e. The van der Waals surface area contributed by atoms with Crippen molar-refractivity contribution >= 4 is 41.0 Å². The van der Waals surface area contributed by atoms with E-state index in [9.17, 15) is 14.4 Å². The molecule has 222 valence electrons. The lowest BCUT2D eigenvalue weighted by Gasteiger charge is -2.27. The van der Waals surface area contributed by atoms with Gasteiger partial charge in [-0.15, -0.1) is 11.8 Å². The average Bonchev–Trinajstić information content (AvgIpc) is 3.47. The molecule has 0 spiro atoms. The Balaban J connectivity index is 1.38. The molecular weight excluding hydrogens is 560 g/mol.